The molecule has 0 fully saturated rings. The third-order valence-corrected chi connectivity index (χ3v) is 10.8. The third-order valence-electron chi connectivity index (χ3n) is 10.8. The highest BCUT2D eigenvalue weighted by molar-refractivity contribution is 5.93. The molecule has 3 amide bonds. The predicted molar refractivity (Wildman–Crippen MR) is 256 cm³/mol. The van der Waals surface area contributed by atoms with Crippen molar-refractivity contribution in [2.24, 2.45) is 16.5 Å². The number of hydrogen-bond donors (Lipinski definition) is 4. The number of nitrogens with zero attached hydrogens (tertiary/aromatic N) is 2. The Kier molecular flexibility index (Phi) is 39.5. The van der Waals surface area contributed by atoms with Gasteiger partial charge in [0.15, 0.2) is 5.96 Å². The largest absolute Gasteiger partial charge is 0.444 e. The summed E-state index contributed by atoms with van der Waals surface area (Å²) < 4.78 is 5.17. The van der Waals surface area contributed by atoms with E-state index in [1.807, 2.05) is 4.90 Å². The zero-order chi connectivity index (χ0) is 44.4. The Morgan fingerprint density at radius 3 is 1.43 bits per heavy atom. The third kappa shape index (κ3) is 40.5. The summed E-state index contributed by atoms with van der Waals surface area (Å²) in [5.41, 5.74) is 11.3. The number of carbonyl (C=O) groups is 3. The Hall–Kier alpha value is -2.88. The lowest BCUT2D eigenvalue weighted by atomic mass is 10.1. The number of aliphatic imine (C=N–C) groups is 1. The first-order valence-corrected chi connectivity index (χ1v) is 24.9. The monoisotopic (exact) mass is 845 g/mol. The fourth-order valence-corrected chi connectivity index (χ4v) is 7.13. The van der Waals surface area contributed by atoms with E-state index in [9.17, 15) is 14.4 Å². The van der Waals surface area contributed by atoms with E-state index in [0.29, 0.717) is 19.4 Å². The van der Waals surface area contributed by atoms with Crippen molar-refractivity contribution < 1.29 is 19.1 Å². The van der Waals surface area contributed by atoms with Crippen LogP contribution in [0, 0.1) is 0 Å². The molecule has 60 heavy (non-hydrogen) atoms. The van der Waals surface area contributed by atoms with Crippen molar-refractivity contribution in [3.05, 3.63) is 24.3 Å². The molecule has 0 aliphatic rings. The molecule has 1 atom stereocenters. The van der Waals surface area contributed by atoms with Gasteiger partial charge >= 0.3 is 6.09 Å². The van der Waals surface area contributed by atoms with Crippen LogP contribution in [0.5, 0.6) is 0 Å². The normalized spacial score (nSPS) is 12.7. The SMILES string of the molecule is CCCCCCCCC=CCCCCCCCCN(CCCCCCCC=CCCCCCCCCC)C(=O)CCNC(=O)C(N)CCCN=C(N)NC(=O)OC(C)(C)C. The fourth-order valence-electron chi connectivity index (χ4n) is 7.13. The van der Waals surface area contributed by atoms with Gasteiger partial charge in [0.2, 0.25) is 11.8 Å². The second kappa shape index (κ2) is 41.5. The number of nitrogens with one attached hydrogen (secondary N) is 2. The molecule has 6 N–H and O–H groups in total. The van der Waals surface area contributed by atoms with Gasteiger partial charge in [-0.25, -0.2) is 4.79 Å². The van der Waals surface area contributed by atoms with Gasteiger partial charge in [0, 0.05) is 32.6 Å². The van der Waals surface area contributed by atoms with E-state index in [1.165, 1.54) is 154 Å². The number of hydrogen-bond acceptors (Lipinski definition) is 6. The summed E-state index contributed by atoms with van der Waals surface area (Å²) in [5.74, 6) is -0.219. The lowest BCUT2D eigenvalue weighted by Crippen LogP contribution is -2.42. The quantitative estimate of drug-likeness (QED) is 0.0209. The van der Waals surface area contributed by atoms with Crippen LogP contribution in [-0.2, 0) is 14.3 Å². The lowest BCUT2D eigenvalue weighted by molar-refractivity contribution is -0.131. The van der Waals surface area contributed by atoms with Gasteiger partial charge in [0.1, 0.15) is 5.60 Å². The zero-order valence-corrected chi connectivity index (χ0v) is 39.8. The minimum absolute atomic E-state index is 0.0420. The summed E-state index contributed by atoms with van der Waals surface area (Å²) in [6.07, 6.45) is 45.5. The fraction of sp³-hybridized carbons (Fsp3) is 0.840. The first kappa shape index (κ1) is 57.1. The van der Waals surface area contributed by atoms with Gasteiger partial charge in [-0.15, -0.1) is 0 Å². The molecule has 1 unspecified atom stereocenters. The van der Waals surface area contributed by atoms with Crippen molar-refractivity contribution in [2.45, 2.75) is 245 Å². The molecule has 0 aromatic heterocycles. The average Bonchev–Trinajstić information content (AvgIpc) is 3.20. The first-order valence-electron chi connectivity index (χ1n) is 24.9. The minimum atomic E-state index is -0.715. The predicted octanol–water partition coefficient (Wildman–Crippen LogP) is 12.3. The average molecular weight is 845 g/mol. The van der Waals surface area contributed by atoms with Gasteiger partial charge in [-0.3, -0.25) is 19.9 Å². The van der Waals surface area contributed by atoms with Crippen molar-refractivity contribution in [2.75, 3.05) is 26.2 Å². The van der Waals surface area contributed by atoms with E-state index in [1.54, 1.807) is 20.8 Å². The van der Waals surface area contributed by atoms with Crippen LogP contribution in [0.25, 0.3) is 0 Å². The Balaban J connectivity index is 4.53. The van der Waals surface area contributed by atoms with Gasteiger partial charge in [-0.1, -0.05) is 154 Å². The Morgan fingerprint density at radius 2 is 1.02 bits per heavy atom. The molecule has 10 heteroatoms. The lowest BCUT2D eigenvalue weighted by Gasteiger charge is -2.23. The van der Waals surface area contributed by atoms with Crippen LogP contribution in [0.3, 0.4) is 0 Å². The summed E-state index contributed by atoms with van der Waals surface area (Å²) in [6, 6.07) is -0.715. The van der Waals surface area contributed by atoms with Crippen molar-refractivity contribution in [1.82, 2.24) is 15.5 Å². The molecule has 0 aromatic carbocycles. The van der Waals surface area contributed by atoms with Gasteiger partial charge in [-0.2, -0.15) is 0 Å². The highest BCUT2D eigenvalue weighted by Gasteiger charge is 2.18. The summed E-state index contributed by atoms with van der Waals surface area (Å²) >= 11 is 0. The maximum atomic E-state index is 13.4. The van der Waals surface area contributed by atoms with Gasteiger partial charge in [-0.05, 0) is 97.8 Å². The highest BCUT2D eigenvalue weighted by atomic mass is 16.6. The van der Waals surface area contributed by atoms with E-state index in [4.69, 9.17) is 16.2 Å². The Labute approximate surface area is 369 Å². The molecule has 0 radical (unpaired) electrons. The van der Waals surface area contributed by atoms with Crippen LogP contribution in [0.4, 0.5) is 4.79 Å². The number of amides is 3. The van der Waals surface area contributed by atoms with Crippen molar-refractivity contribution in [3.63, 3.8) is 0 Å². The molecule has 0 aromatic rings. The summed E-state index contributed by atoms with van der Waals surface area (Å²) in [5, 5.41) is 5.25. The molecule has 0 saturated carbocycles. The van der Waals surface area contributed by atoms with Crippen molar-refractivity contribution >= 4 is 23.9 Å². The molecule has 350 valence electrons. The standard InChI is InChI=1S/C50H96N6O4/c1-6-8-10-12-14-16-18-20-22-24-26-28-30-32-34-36-43-56(44-37-35-33-31-29-27-25-23-21-19-17-15-13-11-9-7-2)46(57)40-42-53-47(58)45(51)39-38-41-54-48(52)55-49(59)60-50(3,4)5/h20,22-23,25,45H,6-19,21,24,26-44,51H2,1-5H3,(H,53,58)(H3,52,54,55,59). The smallest absolute Gasteiger partial charge is 0.414 e. The second-order valence-electron chi connectivity index (χ2n) is 17.9. The van der Waals surface area contributed by atoms with E-state index in [0.717, 1.165) is 38.8 Å². The van der Waals surface area contributed by atoms with Crippen LogP contribution in [0.2, 0.25) is 0 Å². The highest BCUT2D eigenvalue weighted by Crippen LogP contribution is 2.14. The maximum absolute atomic E-state index is 13.4. The molecular formula is C50H96N6O4. The molecule has 0 saturated heterocycles. The van der Waals surface area contributed by atoms with Crippen molar-refractivity contribution in [3.8, 4) is 0 Å². The number of ether oxygens (including phenoxy) is 1. The van der Waals surface area contributed by atoms with Crippen LogP contribution < -0.4 is 22.1 Å². The number of guanidine groups is 1. The summed E-state index contributed by atoms with van der Waals surface area (Å²) in [4.78, 5) is 44.0. The van der Waals surface area contributed by atoms with E-state index in [2.05, 4.69) is 53.8 Å². The Bertz CT molecular complexity index is 1120. The number of alkyl carbamates (subject to hydrolysis) is 1. The van der Waals surface area contributed by atoms with E-state index in [-0.39, 0.29) is 30.7 Å². The topological polar surface area (TPSA) is 152 Å². The molecule has 0 rings (SSSR count). The van der Waals surface area contributed by atoms with Gasteiger partial charge in [0.05, 0.1) is 6.04 Å². The molecule has 10 nitrogen and oxygen atoms in total. The van der Waals surface area contributed by atoms with Crippen LogP contribution >= 0.6 is 0 Å². The Morgan fingerprint density at radius 1 is 0.617 bits per heavy atom. The number of rotatable bonds is 40. The van der Waals surface area contributed by atoms with E-state index >= 15 is 0 Å². The van der Waals surface area contributed by atoms with Crippen LogP contribution in [-0.4, -0.2) is 66.6 Å². The molecular weight excluding hydrogens is 749 g/mol. The minimum Gasteiger partial charge on any atom is -0.444 e. The summed E-state index contributed by atoms with van der Waals surface area (Å²) in [6.45, 7) is 12.0. The number of unbranched alkanes of at least 4 members (excludes halogenated alkanes) is 24. The maximum Gasteiger partial charge on any atom is 0.414 e. The zero-order valence-electron chi connectivity index (χ0n) is 39.8. The van der Waals surface area contributed by atoms with Crippen LogP contribution in [0.15, 0.2) is 29.3 Å². The number of nitrogens with two attached hydrogens (primary N) is 2. The molecule has 0 bridgehead atoms. The first-order chi connectivity index (χ1) is 29.0. The summed E-state index contributed by atoms with van der Waals surface area (Å²) in [7, 11) is 0. The van der Waals surface area contributed by atoms with E-state index < -0.39 is 17.7 Å². The van der Waals surface area contributed by atoms with Crippen molar-refractivity contribution in [1.29, 1.82) is 0 Å². The van der Waals surface area contributed by atoms with Crippen LogP contribution in [0.1, 0.15) is 234 Å². The second-order valence-corrected chi connectivity index (χ2v) is 17.9. The molecule has 0 heterocycles. The molecule has 0 spiro atoms. The van der Waals surface area contributed by atoms with Gasteiger partial charge < -0.3 is 26.4 Å². The number of carbonyl (C=O) groups excluding carboxylic acids is 3. The number of allylic oxidation sites excluding steroid dienone is 4. The van der Waals surface area contributed by atoms with Gasteiger partial charge in [0.25, 0.3) is 0 Å². The molecule has 0 aliphatic heterocycles. The molecule has 0 aliphatic carbocycles.